The highest BCUT2D eigenvalue weighted by Crippen LogP contribution is 2.26. The lowest BCUT2D eigenvalue weighted by Gasteiger charge is -2.23. The van der Waals surface area contributed by atoms with Crippen molar-refractivity contribution in [2.75, 3.05) is 6.54 Å². The van der Waals surface area contributed by atoms with Crippen molar-refractivity contribution in [1.82, 2.24) is 5.32 Å². The molecule has 2 N–H and O–H groups in total. The van der Waals surface area contributed by atoms with Crippen LogP contribution in [-0.2, 0) is 0 Å². The van der Waals surface area contributed by atoms with Crippen LogP contribution in [0, 0.1) is 17.6 Å². The molecule has 0 aliphatic rings. The van der Waals surface area contributed by atoms with Crippen molar-refractivity contribution in [3.8, 4) is 0 Å². The minimum absolute atomic E-state index is 0.100. The summed E-state index contributed by atoms with van der Waals surface area (Å²) in [6, 6.07) is 7.34. The summed E-state index contributed by atoms with van der Waals surface area (Å²) < 4.78 is 26.5. The molecule has 0 saturated carbocycles. The molecule has 114 valence electrons. The van der Waals surface area contributed by atoms with E-state index in [0.29, 0.717) is 5.92 Å². The van der Waals surface area contributed by atoms with E-state index in [1.807, 2.05) is 17.5 Å². The van der Waals surface area contributed by atoms with Crippen LogP contribution >= 0.6 is 11.3 Å². The molecular formula is C16H19F2NOS. The summed E-state index contributed by atoms with van der Waals surface area (Å²) >= 11 is 1.64. The van der Waals surface area contributed by atoms with Gasteiger partial charge in [0.15, 0.2) is 0 Å². The summed E-state index contributed by atoms with van der Waals surface area (Å²) in [5.74, 6) is -1.02. The van der Waals surface area contributed by atoms with Gasteiger partial charge in [-0.3, -0.25) is 0 Å². The number of hydrogen-bond donors (Lipinski definition) is 2. The first-order chi connectivity index (χ1) is 9.99. The van der Waals surface area contributed by atoms with Crippen molar-refractivity contribution in [1.29, 1.82) is 0 Å². The number of rotatable bonds is 6. The van der Waals surface area contributed by atoms with Crippen LogP contribution in [0.1, 0.15) is 36.4 Å². The maximum atomic E-state index is 13.6. The zero-order chi connectivity index (χ0) is 15.4. The Labute approximate surface area is 127 Å². The lowest BCUT2D eigenvalue weighted by atomic mass is 10.0. The molecule has 2 aromatic rings. The normalized spacial score (nSPS) is 14.4. The van der Waals surface area contributed by atoms with Crippen LogP contribution in [0.3, 0.4) is 0 Å². The third-order valence-corrected chi connectivity index (χ3v) is 4.32. The van der Waals surface area contributed by atoms with Crippen LogP contribution in [0.2, 0.25) is 0 Å². The fraction of sp³-hybridized carbons (Fsp3) is 0.375. The summed E-state index contributed by atoms with van der Waals surface area (Å²) in [5, 5.41) is 15.4. The van der Waals surface area contributed by atoms with Crippen molar-refractivity contribution in [3.63, 3.8) is 0 Å². The quantitative estimate of drug-likeness (QED) is 0.843. The van der Waals surface area contributed by atoms with E-state index in [1.54, 1.807) is 11.3 Å². The molecule has 2 nitrogen and oxygen atoms in total. The molecule has 1 aromatic heterocycles. The molecule has 2 unspecified atom stereocenters. The van der Waals surface area contributed by atoms with E-state index in [9.17, 15) is 13.9 Å². The average Bonchev–Trinajstić information content (AvgIpc) is 2.92. The molecule has 1 heterocycles. The number of halogens is 2. The number of nitrogens with one attached hydrogen (secondary N) is 1. The van der Waals surface area contributed by atoms with Crippen LogP contribution in [-0.4, -0.2) is 11.7 Å². The molecule has 0 bridgehead atoms. The summed E-state index contributed by atoms with van der Waals surface area (Å²) in [6.07, 6.45) is -1.01. The van der Waals surface area contributed by atoms with E-state index in [4.69, 9.17) is 0 Å². The maximum Gasteiger partial charge on any atom is 0.131 e. The number of hydrogen-bond acceptors (Lipinski definition) is 3. The molecule has 0 amide bonds. The van der Waals surface area contributed by atoms with Crippen molar-refractivity contribution in [2.24, 2.45) is 5.92 Å². The Bertz CT molecular complexity index is 572. The van der Waals surface area contributed by atoms with Gasteiger partial charge in [0.05, 0.1) is 6.10 Å². The van der Waals surface area contributed by atoms with Crippen LogP contribution in [0.5, 0.6) is 0 Å². The molecule has 0 saturated heterocycles. The van der Waals surface area contributed by atoms with E-state index in [1.165, 1.54) is 10.9 Å². The first kappa shape index (κ1) is 16.1. The zero-order valence-corrected chi connectivity index (χ0v) is 12.8. The van der Waals surface area contributed by atoms with Crippen LogP contribution in [0.15, 0.2) is 35.7 Å². The van der Waals surface area contributed by atoms with Crippen molar-refractivity contribution in [3.05, 3.63) is 57.8 Å². The molecule has 1 aromatic carbocycles. The Morgan fingerprint density at radius 2 is 2.00 bits per heavy atom. The molecule has 0 spiro atoms. The highest BCUT2D eigenvalue weighted by atomic mass is 32.1. The monoisotopic (exact) mass is 311 g/mol. The van der Waals surface area contributed by atoms with E-state index < -0.39 is 17.7 Å². The van der Waals surface area contributed by atoms with Crippen molar-refractivity contribution in [2.45, 2.75) is 26.0 Å². The van der Waals surface area contributed by atoms with Crippen LogP contribution < -0.4 is 5.32 Å². The van der Waals surface area contributed by atoms with Gasteiger partial charge in [0.1, 0.15) is 11.6 Å². The average molecular weight is 311 g/mol. The van der Waals surface area contributed by atoms with Crippen molar-refractivity contribution >= 4 is 11.3 Å². The van der Waals surface area contributed by atoms with Gasteiger partial charge in [-0.1, -0.05) is 26.0 Å². The molecule has 0 fully saturated rings. The summed E-state index contributed by atoms with van der Waals surface area (Å²) in [4.78, 5) is 1.18. The lowest BCUT2D eigenvalue weighted by Crippen LogP contribution is -2.29. The SMILES string of the molecule is CC(C)C(NCC(O)c1ccc(F)cc1F)c1cccs1. The summed E-state index contributed by atoms with van der Waals surface area (Å²) in [5.41, 5.74) is 0.109. The van der Waals surface area contributed by atoms with Gasteiger partial charge in [-0.2, -0.15) is 0 Å². The molecular weight excluding hydrogens is 292 g/mol. The number of aliphatic hydroxyl groups excluding tert-OH is 1. The maximum absolute atomic E-state index is 13.6. The van der Waals surface area contributed by atoms with Gasteiger partial charge in [-0.25, -0.2) is 8.78 Å². The van der Waals surface area contributed by atoms with Gasteiger partial charge in [0, 0.05) is 29.1 Å². The van der Waals surface area contributed by atoms with Gasteiger partial charge in [0.25, 0.3) is 0 Å². The number of benzene rings is 1. The first-order valence-corrected chi connectivity index (χ1v) is 7.76. The predicted octanol–water partition coefficient (Wildman–Crippen LogP) is 4.05. The van der Waals surface area contributed by atoms with Gasteiger partial charge in [-0.15, -0.1) is 11.3 Å². The minimum Gasteiger partial charge on any atom is -0.387 e. The Hall–Kier alpha value is -1.30. The van der Waals surface area contributed by atoms with Crippen LogP contribution in [0.25, 0.3) is 0 Å². The summed E-state index contributed by atoms with van der Waals surface area (Å²) in [7, 11) is 0. The highest BCUT2D eigenvalue weighted by molar-refractivity contribution is 7.10. The van der Waals surface area contributed by atoms with Crippen LogP contribution in [0.4, 0.5) is 8.78 Å². The first-order valence-electron chi connectivity index (χ1n) is 6.89. The summed E-state index contributed by atoms with van der Waals surface area (Å²) in [6.45, 7) is 4.38. The van der Waals surface area contributed by atoms with E-state index in [2.05, 4.69) is 19.2 Å². The van der Waals surface area contributed by atoms with Crippen molar-refractivity contribution < 1.29 is 13.9 Å². The topological polar surface area (TPSA) is 32.3 Å². The molecule has 0 aliphatic heterocycles. The molecule has 21 heavy (non-hydrogen) atoms. The van der Waals surface area contributed by atoms with E-state index >= 15 is 0 Å². The Morgan fingerprint density at radius 1 is 1.24 bits per heavy atom. The Kier molecular flexibility index (Phi) is 5.45. The van der Waals surface area contributed by atoms with Gasteiger partial charge in [-0.05, 0) is 23.4 Å². The molecule has 2 atom stereocenters. The zero-order valence-electron chi connectivity index (χ0n) is 12.0. The lowest BCUT2D eigenvalue weighted by molar-refractivity contribution is 0.161. The number of thiophene rings is 1. The van der Waals surface area contributed by atoms with Gasteiger partial charge >= 0.3 is 0 Å². The molecule has 0 aliphatic carbocycles. The second-order valence-electron chi connectivity index (χ2n) is 5.33. The van der Waals surface area contributed by atoms with Gasteiger partial charge < -0.3 is 10.4 Å². The Balaban J connectivity index is 2.03. The standard InChI is InChI=1S/C16H19F2NOS/c1-10(2)16(15-4-3-7-21-15)19-9-14(20)12-6-5-11(17)8-13(12)18/h3-8,10,14,16,19-20H,9H2,1-2H3. The highest BCUT2D eigenvalue weighted by Gasteiger charge is 2.19. The molecule has 0 radical (unpaired) electrons. The fourth-order valence-corrected chi connectivity index (χ4v) is 3.23. The third-order valence-electron chi connectivity index (χ3n) is 3.37. The Morgan fingerprint density at radius 3 is 2.57 bits per heavy atom. The largest absolute Gasteiger partial charge is 0.387 e. The molecule has 2 rings (SSSR count). The predicted molar refractivity (Wildman–Crippen MR) is 81.2 cm³/mol. The van der Waals surface area contributed by atoms with E-state index in [-0.39, 0.29) is 18.2 Å². The third kappa shape index (κ3) is 4.09. The number of aliphatic hydroxyl groups is 1. The smallest absolute Gasteiger partial charge is 0.131 e. The second-order valence-corrected chi connectivity index (χ2v) is 6.31. The minimum atomic E-state index is -1.01. The van der Waals surface area contributed by atoms with E-state index in [0.717, 1.165) is 12.1 Å². The fourth-order valence-electron chi connectivity index (χ4n) is 2.25. The van der Waals surface area contributed by atoms with Gasteiger partial charge in [0.2, 0.25) is 0 Å². The molecule has 5 heteroatoms. The second kappa shape index (κ2) is 7.11.